The van der Waals surface area contributed by atoms with Crippen LogP contribution in [-0.4, -0.2) is 87.4 Å². The highest BCUT2D eigenvalue weighted by Crippen LogP contribution is 2.16. The van der Waals surface area contributed by atoms with Gasteiger partial charge >= 0.3 is 17.9 Å². The number of unbranched alkanes of at least 4 members (excludes halogenated alkanes) is 24. The molecular weight excluding hydrogens is 863 g/mol. The molecule has 0 aliphatic carbocycles. The minimum Gasteiger partial charge on any atom is -0.477 e. The molecule has 0 saturated heterocycles. The summed E-state index contributed by atoms with van der Waals surface area (Å²) in [5.41, 5.74) is 0. The zero-order valence-corrected chi connectivity index (χ0v) is 45.2. The molecule has 0 fully saturated rings. The second kappa shape index (κ2) is 51.1. The summed E-state index contributed by atoms with van der Waals surface area (Å²) in [7, 11) is 5.96. The first kappa shape index (κ1) is 65.7. The maximum atomic E-state index is 12.8. The Bertz CT molecular complexity index is 1360. The minimum atomic E-state index is -1.51. The number of nitrogens with zero attached hydrogens (tertiary/aromatic N) is 1. The molecule has 9 heteroatoms. The maximum Gasteiger partial charge on any atom is 0.361 e. The Labute approximate surface area is 424 Å². The van der Waals surface area contributed by atoms with Crippen LogP contribution in [-0.2, 0) is 33.3 Å². The van der Waals surface area contributed by atoms with Gasteiger partial charge in [-0.05, 0) is 64.2 Å². The SMILES string of the molecule is CC/C=C\C/C=C\C/C=C\C/C=C\C/C=C\C/C=C\CCCCCCCCCCCCCCCCCCCCC(=O)OC(COC(=O)CCCCCCCCC)COC(OCC[N+](C)(C)C)C(=O)O. The van der Waals surface area contributed by atoms with Crippen molar-refractivity contribution in [3.8, 4) is 0 Å². The third-order valence-corrected chi connectivity index (χ3v) is 12.0. The lowest BCUT2D eigenvalue weighted by molar-refractivity contribution is -0.870. The van der Waals surface area contributed by atoms with E-state index in [2.05, 4.69) is 86.8 Å². The molecule has 0 aliphatic heterocycles. The lowest BCUT2D eigenvalue weighted by atomic mass is 10.0. The highest BCUT2D eigenvalue weighted by Gasteiger charge is 2.25. The van der Waals surface area contributed by atoms with Crippen molar-refractivity contribution >= 4 is 17.9 Å². The normalized spacial score (nSPS) is 13.3. The van der Waals surface area contributed by atoms with Gasteiger partial charge in [-0.15, -0.1) is 0 Å². The summed E-state index contributed by atoms with van der Waals surface area (Å²) in [5.74, 6) is -2.01. The number of ether oxygens (including phenoxy) is 4. The molecule has 0 radical (unpaired) electrons. The van der Waals surface area contributed by atoms with Crippen molar-refractivity contribution in [2.45, 2.75) is 245 Å². The molecular formula is C60H106NO8+. The van der Waals surface area contributed by atoms with E-state index in [0.29, 0.717) is 17.4 Å². The van der Waals surface area contributed by atoms with Crippen LogP contribution in [0.15, 0.2) is 72.9 Å². The summed E-state index contributed by atoms with van der Waals surface area (Å²) in [4.78, 5) is 37.0. The van der Waals surface area contributed by atoms with Crippen LogP contribution in [0.2, 0.25) is 0 Å². The first-order valence-corrected chi connectivity index (χ1v) is 28.1. The Morgan fingerprint density at radius 2 is 0.826 bits per heavy atom. The van der Waals surface area contributed by atoms with Gasteiger partial charge in [-0.3, -0.25) is 9.59 Å². The Balaban J connectivity index is 3.93. The fourth-order valence-corrected chi connectivity index (χ4v) is 7.66. The van der Waals surface area contributed by atoms with Gasteiger partial charge in [-0.1, -0.05) is 228 Å². The molecule has 69 heavy (non-hydrogen) atoms. The summed E-state index contributed by atoms with van der Waals surface area (Å²) < 4.78 is 22.7. The van der Waals surface area contributed by atoms with E-state index in [0.717, 1.165) is 77.0 Å². The molecule has 9 nitrogen and oxygen atoms in total. The molecule has 0 rings (SSSR count). The fourth-order valence-electron chi connectivity index (χ4n) is 7.66. The standard InChI is InChI=1S/C60H105NO8/c1-6-8-10-12-14-15-16-17-18-19-20-21-22-23-24-25-26-27-28-29-30-31-32-33-34-35-36-37-38-39-40-41-42-43-45-47-49-51-58(63)69-56(54-67-57(62)50-48-46-44-13-11-9-7-2)55-68-60(59(64)65)66-53-52-61(3,4)5/h8,10,14-15,17-18,20-21,23-24,26-27,56,60H,6-7,9,11-13,16,19,22,25,28-55H2,1-5H3/p+1/b10-8-,15-14-,18-17-,21-20-,24-23-,27-26-. The van der Waals surface area contributed by atoms with Crippen molar-refractivity contribution in [3.63, 3.8) is 0 Å². The summed E-state index contributed by atoms with van der Waals surface area (Å²) >= 11 is 0. The average Bonchev–Trinajstić information content (AvgIpc) is 3.31. The maximum absolute atomic E-state index is 12.8. The van der Waals surface area contributed by atoms with Crippen molar-refractivity contribution in [2.75, 3.05) is 47.5 Å². The lowest BCUT2D eigenvalue weighted by Crippen LogP contribution is -2.40. The van der Waals surface area contributed by atoms with Crippen LogP contribution in [0.3, 0.4) is 0 Å². The highest BCUT2D eigenvalue weighted by atomic mass is 16.7. The first-order chi connectivity index (χ1) is 33.6. The number of likely N-dealkylation sites (N-methyl/N-ethyl adjacent to an activating group) is 1. The molecule has 1 N–H and O–H groups in total. The van der Waals surface area contributed by atoms with E-state index in [4.69, 9.17) is 18.9 Å². The molecule has 0 aliphatic rings. The molecule has 0 aromatic heterocycles. The number of carboxylic acid groups (broad SMARTS) is 1. The van der Waals surface area contributed by atoms with Crippen LogP contribution < -0.4 is 0 Å². The van der Waals surface area contributed by atoms with Crippen LogP contribution in [0.1, 0.15) is 232 Å². The van der Waals surface area contributed by atoms with Gasteiger partial charge in [0, 0.05) is 12.8 Å². The number of quaternary nitrogens is 1. The number of esters is 2. The number of carbonyl (C=O) groups excluding carboxylic acids is 2. The molecule has 0 aromatic rings. The topological polar surface area (TPSA) is 108 Å². The van der Waals surface area contributed by atoms with Crippen LogP contribution in [0.25, 0.3) is 0 Å². The number of rotatable bonds is 51. The third kappa shape index (κ3) is 52.4. The average molecular weight is 970 g/mol. The largest absolute Gasteiger partial charge is 0.477 e. The number of hydrogen-bond acceptors (Lipinski definition) is 7. The van der Waals surface area contributed by atoms with Crippen molar-refractivity contribution in [1.29, 1.82) is 0 Å². The molecule has 0 aromatic carbocycles. The highest BCUT2D eigenvalue weighted by molar-refractivity contribution is 5.71. The summed E-state index contributed by atoms with van der Waals surface area (Å²) in [5, 5.41) is 9.64. The van der Waals surface area contributed by atoms with Gasteiger partial charge in [0.05, 0.1) is 34.4 Å². The molecule has 0 heterocycles. The predicted molar refractivity (Wildman–Crippen MR) is 290 cm³/mol. The lowest BCUT2D eigenvalue weighted by Gasteiger charge is -2.25. The first-order valence-electron chi connectivity index (χ1n) is 28.1. The van der Waals surface area contributed by atoms with Crippen LogP contribution >= 0.6 is 0 Å². The minimum absolute atomic E-state index is 0.181. The van der Waals surface area contributed by atoms with Crippen molar-refractivity contribution < 1.29 is 42.9 Å². The van der Waals surface area contributed by atoms with Gasteiger partial charge in [0.2, 0.25) is 0 Å². The van der Waals surface area contributed by atoms with E-state index >= 15 is 0 Å². The predicted octanol–water partition coefficient (Wildman–Crippen LogP) is 16.2. The van der Waals surface area contributed by atoms with Gasteiger partial charge in [-0.25, -0.2) is 4.79 Å². The van der Waals surface area contributed by atoms with Gasteiger partial charge in [0.15, 0.2) is 6.10 Å². The van der Waals surface area contributed by atoms with Crippen LogP contribution in [0.5, 0.6) is 0 Å². The Morgan fingerprint density at radius 1 is 0.449 bits per heavy atom. The number of carboxylic acids is 1. The van der Waals surface area contributed by atoms with E-state index in [9.17, 15) is 19.5 Å². The fraction of sp³-hybridized carbons (Fsp3) is 0.750. The molecule has 0 amide bonds. The number of aliphatic carboxylic acids is 1. The van der Waals surface area contributed by atoms with E-state index < -0.39 is 24.3 Å². The quantitative estimate of drug-likeness (QED) is 0.0211. The second-order valence-electron chi connectivity index (χ2n) is 19.9. The zero-order valence-electron chi connectivity index (χ0n) is 45.2. The molecule has 0 saturated carbocycles. The van der Waals surface area contributed by atoms with Gasteiger partial charge in [0.25, 0.3) is 6.29 Å². The van der Waals surface area contributed by atoms with Gasteiger partial charge in [-0.2, -0.15) is 0 Å². The number of hydrogen-bond donors (Lipinski definition) is 1. The molecule has 2 unspecified atom stereocenters. The smallest absolute Gasteiger partial charge is 0.361 e. The third-order valence-electron chi connectivity index (χ3n) is 12.0. The van der Waals surface area contributed by atoms with Gasteiger partial charge in [0.1, 0.15) is 13.2 Å². The molecule has 0 bridgehead atoms. The Morgan fingerprint density at radius 3 is 1.23 bits per heavy atom. The molecule has 0 spiro atoms. The molecule has 2 atom stereocenters. The van der Waals surface area contributed by atoms with Crippen LogP contribution in [0, 0.1) is 0 Å². The Kier molecular flexibility index (Phi) is 48.7. The van der Waals surface area contributed by atoms with Crippen molar-refractivity contribution in [2.24, 2.45) is 0 Å². The Hall–Kier alpha value is -3.27. The van der Waals surface area contributed by atoms with Crippen LogP contribution in [0.4, 0.5) is 0 Å². The zero-order chi connectivity index (χ0) is 50.6. The van der Waals surface area contributed by atoms with E-state index in [1.54, 1.807) is 0 Å². The monoisotopic (exact) mass is 969 g/mol. The van der Waals surface area contributed by atoms with Gasteiger partial charge < -0.3 is 28.5 Å². The molecule has 398 valence electrons. The summed E-state index contributed by atoms with van der Waals surface area (Å²) in [6.07, 6.45) is 63.1. The van der Waals surface area contributed by atoms with E-state index in [-0.39, 0.29) is 32.2 Å². The van der Waals surface area contributed by atoms with E-state index in [1.165, 1.54) is 128 Å². The van der Waals surface area contributed by atoms with E-state index in [1.807, 2.05) is 21.1 Å². The number of allylic oxidation sites excluding steroid dienone is 12. The summed E-state index contributed by atoms with van der Waals surface area (Å²) in [6.45, 7) is 4.71. The second-order valence-corrected chi connectivity index (χ2v) is 19.9. The number of carbonyl (C=O) groups is 3. The summed E-state index contributed by atoms with van der Waals surface area (Å²) in [6, 6.07) is 0. The van der Waals surface area contributed by atoms with Crippen molar-refractivity contribution in [3.05, 3.63) is 72.9 Å². The van der Waals surface area contributed by atoms with Crippen molar-refractivity contribution in [1.82, 2.24) is 0 Å².